The molecule has 18 rings (SSSR count). The quantitative estimate of drug-likeness (QED) is 0.101. The summed E-state index contributed by atoms with van der Waals surface area (Å²) in [5.41, 5.74) is 28.4. The number of benzene rings is 18. The summed E-state index contributed by atoms with van der Waals surface area (Å²) in [6.07, 6.45) is 0. The normalized spacial score (nSPS) is 11.1. The summed E-state index contributed by atoms with van der Waals surface area (Å²) in [5, 5.41) is 7.54. The Bertz CT molecular complexity index is 5710. The van der Waals surface area contributed by atoms with Gasteiger partial charge in [-0.2, -0.15) is 0 Å². The number of anilines is 6. The van der Waals surface area contributed by atoms with E-state index in [9.17, 15) is 0 Å². The second-order valence-corrected chi connectivity index (χ2v) is 26.4. The van der Waals surface area contributed by atoms with Crippen LogP contribution in [0.1, 0.15) is 0 Å². The minimum absolute atomic E-state index is 1.10. The second kappa shape index (κ2) is 29.3. The highest BCUT2D eigenvalue weighted by Gasteiger charge is 2.18. The first kappa shape index (κ1) is 63.8. The number of rotatable bonds is 15. The lowest BCUT2D eigenvalue weighted by Crippen LogP contribution is -2.09. The fourth-order valence-corrected chi connectivity index (χ4v) is 14.6. The highest BCUT2D eigenvalue weighted by molar-refractivity contribution is 6.00. The molecule has 0 heterocycles. The molecule has 0 spiro atoms. The highest BCUT2D eigenvalue weighted by atomic mass is 15.1. The van der Waals surface area contributed by atoms with Crippen molar-refractivity contribution in [3.63, 3.8) is 0 Å². The third kappa shape index (κ3) is 13.5. The third-order valence-electron chi connectivity index (χ3n) is 20.0. The molecule has 18 aromatic carbocycles. The number of hydrogen-bond donors (Lipinski definition) is 0. The molecule has 0 saturated heterocycles. The number of nitrogens with zero attached hydrogens (tertiary/aromatic N) is 2. The first-order chi connectivity index (χ1) is 51.5. The van der Waals surface area contributed by atoms with Gasteiger partial charge < -0.3 is 9.80 Å². The topological polar surface area (TPSA) is 6.48 Å². The Hall–Kier alpha value is -13.7. The molecule has 0 N–H and O–H groups in total. The molecule has 0 saturated carbocycles. The highest BCUT2D eigenvalue weighted by Crippen LogP contribution is 2.43. The molecule has 0 aliphatic heterocycles. The lowest BCUT2D eigenvalue weighted by molar-refractivity contribution is 1.28. The summed E-state index contributed by atoms with van der Waals surface area (Å²) in [7, 11) is 0. The molecule has 490 valence electrons. The van der Waals surface area contributed by atoms with E-state index in [1.54, 1.807) is 0 Å². The molecule has 0 bridgehead atoms. The van der Waals surface area contributed by atoms with Crippen molar-refractivity contribution < 1.29 is 0 Å². The van der Waals surface area contributed by atoms with Gasteiger partial charge >= 0.3 is 0 Å². The average molecular weight is 1330 g/mol. The van der Waals surface area contributed by atoms with E-state index < -0.39 is 0 Å². The monoisotopic (exact) mass is 1320 g/mol. The van der Waals surface area contributed by atoms with Crippen molar-refractivity contribution in [2.45, 2.75) is 0 Å². The molecule has 2 nitrogen and oxygen atoms in total. The van der Waals surface area contributed by atoms with E-state index in [0.717, 1.165) is 34.1 Å². The first-order valence-electron chi connectivity index (χ1n) is 35.7. The zero-order chi connectivity index (χ0) is 69.4. The van der Waals surface area contributed by atoms with E-state index in [1.807, 2.05) is 0 Å². The summed E-state index contributed by atoms with van der Waals surface area (Å²) in [5.74, 6) is 0. The molecule has 0 fully saturated rings. The molecule has 0 amide bonds. The molecule has 18 aromatic rings. The van der Waals surface area contributed by atoms with Crippen LogP contribution in [0.25, 0.3) is 132 Å². The van der Waals surface area contributed by atoms with Crippen LogP contribution in [0.5, 0.6) is 0 Å². The van der Waals surface area contributed by atoms with Gasteiger partial charge in [-0.25, -0.2) is 0 Å². The fourth-order valence-electron chi connectivity index (χ4n) is 14.6. The Morgan fingerprint density at radius 1 is 0.115 bits per heavy atom. The standard InChI is InChI=1S/C52H37N.C50H35N/c1-3-12-38(13-4-1)44-18-9-20-46(36-44)40-24-30-48(31-25-40)53(50-34-28-43(29-35-50)52-23-11-17-42-16-7-8-22-51(42)52)49-32-26-41(27-33-49)47-21-10-19-45(37-47)39-14-5-2-6-15-39;1-2-11-36(12-3-1)42-17-8-18-43(35-42)37-23-29-44(30-24-37)51(45-31-25-40(26-32-45)49-21-9-15-38-13-4-6-19-47(38)49)46-33-27-41(28-34-46)50-22-10-16-39-14-5-7-20-48(39)50/h1-37H;1-35H. The van der Waals surface area contributed by atoms with Crippen molar-refractivity contribution in [2.24, 2.45) is 0 Å². The summed E-state index contributed by atoms with van der Waals surface area (Å²) in [4.78, 5) is 4.70. The van der Waals surface area contributed by atoms with Gasteiger partial charge in [0.25, 0.3) is 0 Å². The molecule has 0 radical (unpaired) electrons. The Morgan fingerprint density at radius 2 is 0.288 bits per heavy atom. The van der Waals surface area contributed by atoms with Gasteiger partial charge in [-0.15, -0.1) is 0 Å². The van der Waals surface area contributed by atoms with Crippen LogP contribution in [0.2, 0.25) is 0 Å². The summed E-state index contributed by atoms with van der Waals surface area (Å²) < 4.78 is 0. The van der Waals surface area contributed by atoms with Gasteiger partial charge in [0.2, 0.25) is 0 Å². The van der Waals surface area contributed by atoms with E-state index in [4.69, 9.17) is 0 Å². The molecular weight excluding hydrogens is 1250 g/mol. The predicted octanol–water partition coefficient (Wildman–Crippen LogP) is 28.8. The molecule has 104 heavy (non-hydrogen) atoms. The van der Waals surface area contributed by atoms with Gasteiger partial charge in [-0.1, -0.05) is 346 Å². The van der Waals surface area contributed by atoms with Crippen LogP contribution >= 0.6 is 0 Å². The largest absolute Gasteiger partial charge is 0.311 e. The lowest BCUT2D eigenvalue weighted by Gasteiger charge is -2.26. The molecule has 0 aliphatic rings. The smallest absolute Gasteiger partial charge is 0.0462 e. The van der Waals surface area contributed by atoms with Crippen LogP contribution in [-0.4, -0.2) is 0 Å². The minimum Gasteiger partial charge on any atom is -0.311 e. The fraction of sp³-hybridized carbons (Fsp3) is 0. The van der Waals surface area contributed by atoms with Crippen LogP contribution in [-0.2, 0) is 0 Å². The maximum atomic E-state index is 2.35. The van der Waals surface area contributed by atoms with Crippen LogP contribution < -0.4 is 9.80 Å². The van der Waals surface area contributed by atoms with Crippen LogP contribution in [0.4, 0.5) is 34.1 Å². The van der Waals surface area contributed by atoms with Gasteiger partial charge in [0.1, 0.15) is 0 Å². The van der Waals surface area contributed by atoms with Crippen molar-refractivity contribution in [1.82, 2.24) is 0 Å². The zero-order valence-electron chi connectivity index (χ0n) is 57.5. The van der Waals surface area contributed by atoms with Crippen molar-refractivity contribution in [3.8, 4) is 100 Å². The van der Waals surface area contributed by atoms with Gasteiger partial charge in [-0.05, 0) is 223 Å². The Morgan fingerprint density at radius 3 is 0.529 bits per heavy atom. The van der Waals surface area contributed by atoms with E-state index in [1.165, 1.54) is 132 Å². The summed E-state index contributed by atoms with van der Waals surface area (Å²) >= 11 is 0. The van der Waals surface area contributed by atoms with E-state index >= 15 is 0 Å². The molecule has 0 aromatic heterocycles. The lowest BCUT2D eigenvalue weighted by atomic mass is 9.97. The van der Waals surface area contributed by atoms with Gasteiger partial charge in [0, 0.05) is 34.1 Å². The van der Waals surface area contributed by atoms with Gasteiger partial charge in [0.05, 0.1) is 0 Å². The SMILES string of the molecule is c1ccc(-c2cccc(-c3ccc(N(c4ccc(-c5cccc(-c6ccccc6)c5)cc4)c4ccc(-c5cccc6ccccc56)cc4)cc3)c2)cc1.c1ccc(-c2cccc(-c3ccc(N(c4ccc(-c5cccc6ccccc56)cc4)c4ccc(-c5cccc6ccccc56)cc4)cc3)c2)cc1. The van der Waals surface area contributed by atoms with Crippen molar-refractivity contribution in [2.75, 3.05) is 9.80 Å². The Balaban J connectivity index is 0.000000154. The maximum absolute atomic E-state index is 2.35. The molecule has 2 heteroatoms. The predicted molar refractivity (Wildman–Crippen MR) is 444 cm³/mol. The van der Waals surface area contributed by atoms with Crippen LogP contribution in [0.15, 0.2) is 437 Å². The second-order valence-electron chi connectivity index (χ2n) is 26.4. The average Bonchev–Trinajstić information content (AvgIpc) is 0.794. The van der Waals surface area contributed by atoms with Crippen molar-refractivity contribution in [3.05, 3.63) is 437 Å². The van der Waals surface area contributed by atoms with E-state index in [-0.39, 0.29) is 0 Å². The Labute approximate surface area is 609 Å². The maximum Gasteiger partial charge on any atom is 0.0462 e. The van der Waals surface area contributed by atoms with Crippen LogP contribution in [0.3, 0.4) is 0 Å². The molecule has 0 atom stereocenters. The minimum atomic E-state index is 1.10. The molecule has 0 aliphatic carbocycles. The first-order valence-corrected chi connectivity index (χ1v) is 35.7. The van der Waals surface area contributed by atoms with E-state index in [0.29, 0.717) is 0 Å². The zero-order valence-corrected chi connectivity index (χ0v) is 57.5. The molecular formula is C102H72N2. The van der Waals surface area contributed by atoms with Crippen molar-refractivity contribution >= 4 is 66.4 Å². The Kier molecular flexibility index (Phi) is 17.9. The molecule has 0 unspecified atom stereocenters. The van der Waals surface area contributed by atoms with Gasteiger partial charge in [-0.3, -0.25) is 0 Å². The third-order valence-corrected chi connectivity index (χ3v) is 20.0. The van der Waals surface area contributed by atoms with Crippen LogP contribution in [0, 0.1) is 0 Å². The van der Waals surface area contributed by atoms with E-state index in [2.05, 4.69) is 447 Å². The number of hydrogen-bond acceptors (Lipinski definition) is 2. The van der Waals surface area contributed by atoms with Gasteiger partial charge in [0.15, 0.2) is 0 Å². The summed E-state index contributed by atoms with van der Waals surface area (Å²) in [6, 6.07) is 157. The number of fused-ring (bicyclic) bond motifs is 3. The summed E-state index contributed by atoms with van der Waals surface area (Å²) in [6.45, 7) is 0. The van der Waals surface area contributed by atoms with Crippen molar-refractivity contribution in [1.29, 1.82) is 0 Å².